The minimum atomic E-state index is -0.449. The maximum absolute atomic E-state index is 12.7. The Morgan fingerprint density at radius 3 is 3.00 bits per heavy atom. The lowest BCUT2D eigenvalue weighted by Gasteiger charge is -2.31. The largest absolute Gasteiger partial charge is 0.376 e. The molecule has 7 heteroatoms. The number of rotatable bonds is 5. The lowest BCUT2D eigenvalue weighted by atomic mass is 10.1. The van der Waals surface area contributed by atoms with Crippen molar-refractivity contribution in [2.24, 2.45) is 0 Å². The van der Waals surface area contributed by atoms with E-state index < -0.39 is 6.10 Å². The molecule has 0 spiro atoms. The fourth-order valence-corrected chi connectivity index (χ4v) is 3.24. The summed E-state index contributed by atoms with van der Waals surface area (Å²) in [4.78, 5) is 16.5. The van der Waals surface area contributed by atoms with Crippen LogP contribution in [0.25, 0.3) is 0 Å². The molecule has 0 N–H and O–H groups in total. The highest BCUT2D eigenvalue weighted by molar-refractivity contribution is 5.80. The molecule has 25 heavy (non-hydrogen) atoms. The van der Waals surface area contributed by atoms with Gasteiger partial charge in [0.25, 0.3) is 5.91 Å². The van der Waals surface area contributed by atoms with Crippen molar-refractivity contribution >= 4 is 11.7 Å². The van der Waals surface area contributed by atoms with Gasteiger partial charge in [0.2, 0.25) is 0 Å². The number of carbonyl (C=O) groups is 1. The first-order valence-corrected chi connectivity index (χ1v) is 9.09. The summed E-state index contributed by atoms with van der Waals surface area (Å²) in [5.74, 6) is 0.844. The molecule has 0 radical (unpaired) electrons. The number of amides is 1. The van der Waals surface area contributed by atoms with Crippen molar-refractivity contribution in [3.05, 3.63) is 17.3 Å². The molecule has 0 saturated carbocycles. The van der Waals surface area contributed by atoms with Gasteiger partial charge in [0, 0.05) is 40.2 Å². The number of fused-ring (bicyclic) bond motifs is 1. The number of nitrogens with zero attached hydrogens (tertiary/aromatic N) is 4. The van der Waals surface area contributed by atoms with Crippen LogP contribution in [-0.4, -0.2) is 67.1 Å². The predicted octanol–water partition coefficient (Wildman–Crippen LogP) is 1.40. The third-order valence-corrected chi connectivity index (χ3v) is 4.85. The minimum absolute atomic E-state index is 0.0321. The fourth-order valence-electron chi connectivity index (χ4n) is 3.24. The predicted molar refractivity (Wildman–Crippen MR) is 94.5 cm³/mol. The third kappa shape index (κ3) is 4.46. The molecule has 7 nitrogen and oxygen atoms in total. The molecular weight excluding hydrogens is 320 g/mol. The number of carbonyl (C=O) groups excluding carboxylic acids is 1. The van der Waals surface area contributed by atoms with Gasteiger partial charge in [-0.3, -0.25) is 4.79 Å². The van der Waals surface area contributed by atoms with Crippen molar-refractivity contribution in [1.82, 2.24) is 15.1 Å². The molecule has 2 atom stereocenters. The van der Waals surface area contributed by atoms with Crippen molar-refractivity contribution in [3.8, 4) is 0 Å². The summed E-state index contributed by atoms with van der Waals surface area (Å²) >= 11 is 0. The van der Waals surface area contributed by atoms with E-state index in [-0.39, 0.29) is 12.0 Å². The average Bonchev–Trinajstić information content (AvgIpc) is 2.65. The highest BCUT2D eigenvalue weighted by atomic mass is 16.5. The van der Waals surface area contributed by atoms with E-state index in [0.29, 0.717) is 19.7 Å². The zero-order chi connectivity index (χ0) is 17.8. The van der Waals surface area contributed by atoms with Crippen molar-refractivity contribution in [2.75, 3.05) is 38.8 Å². The second kappa shape index (κ2) is 8.10. The molecule has 138 valence electrons. The highest BCUT2D eigenvalue weighted by Gasteiger charge is 2.27. The van der Waals surface area contributed by atoms with Crippen LogP contribution in [0.3, 0.4) is 0 Å². The number of ether oxygens (including phenoxy) is 2. The first-order valence-electron chi connectivity index (χ1n) is 9.09. The lowest BCUT2D eigenvalue weighted by molar-refractivity contribution is -0.147. The standard InChI is InChI=1S/C18H28N4O3/c1-13(25-12-15-6-4-5-9-24-15)18(23)22-8-7-16-14(11-22)10-17(20-19-16)21(2)3/h10,13,15H,4-9,11-12H2,1-3H3/t13-,15+/m1/s1. The Morgan fingerprint density at radius 1 is 1.44 bits per heavy atom. The van der Waals surface area contributed by atoms with Crippen molar-refractivity contribution in [3.63, 3.8) is 0 Å². The van der Waals surface area contributed by atoms with Gasteiger partial charge in [-0.15, -0.1) is 5.10 Å². The topological polar surface area (TPSA) is 67.8 Å². The Labute approximate surface area is 149 Å². The quantitative estimate of drug-likeness (QED) is 0.801. The molecular formula is C18H28N4O3. The second-order valence-corrected chi connectivity index (χ2v) is 7.04. The average molecular weight is 348 g/mol. The summed E-state index contributed by atoms with van der Waals surface area (Å²) in [6.07, 6.45) is 3.73. The molecule has 0 aromatic carbocycles. The maximum atomic E-state index is 12.7. The molecule has 1 aromatic heterocycles. The van der Waals surface area contributed by atoms with Crippen LogP contribution >= 0.6 is 0 Å². The molecule has 0 unspecified atom stereocenters. The summed E-state index contributed by atoms with van der Waals surface area (Å²) in [5, 5.41) is 8.51. The fraction of sp³-hybridized carbons (Fsp3) is 0.722. The number of aromatic nitrogens is 2. The van der Waals surface area contributed by atoms with Crippen molar-refractivity contribution < 1.29 is 14.3 Å². The third-order valence-electron chi connectivity index (χ3n) is 4.85. The van der Waals surface area contributed by atoms with Gasteiger partial charge in [-0.25, -0.2) is 0 Å². The SMILES string of the molecule is C[C@@H](OC[C@@H]1CCCCO1)C(=O)N1CCc2nnc(N(C)C)cc2C1. The molecule has 0 bridgehead atoms. The van der Waals surface area contributed by atoms with Gasteiger partial charge in [-0.05, 0) is 37.8 Å². The van der Waals surface area contributed by atoms with Crippen LogP contribution in [0.1, 0.15) is 37.4 Å². The van der Waals surface area contributed by atoms with Gasteiger partial charge in [0.15, 0.2) is 5.82 Å². The molecule has 1 fully saturated rings. The summed E-state index contributed by atoms with van der Waals surface area (Å²) in [6, 6.07) is 2.02. The summed E-state index contributed by atoms with van der Waals surface area (Å²) < 4.78 is 11.5. The van der Waals surface area contributed by atoms with Gasteiger partial charge < -0.3 is 19.3 Å². The lowest BCUT2D eigenvalue weighted by Crippen LogP contribution is -2.43. The van der Waals surface area contributed by atoms with E-state index in [1.165, 1.54) is 6.42 Å². The second-order valence-electron chi connectivity index (χ2n) is 7.04. The van der Waals surface area contributed by atoms with Crippen LogP contribution < -0.4 is 4.90 Å². The zero-order valence-corrected chi connectivity index (χ0v) is 15.4. The van der Waals surface area contributed by atoms with E-state index in [1.807, 2.05) is 36.9 Å². The normalized spacial score (nSPS) is 21.6. The first kappa shape index (κ1) is 18.1. The molecule has 1 aromatic rings. The highest BCUT2D eigenvalue weighted by Crippen LogP contribution is 2.21. The summed E-state index contributed by atoms with van der Waals surface area (Å²) in [7, 11) is 3.87. The Bertz CT molecular complexity index is 602. The molecule has 3 rings (SSSR count). The Morgan fingerprint density at radius 2 is 2.28 bits per heavy atom. The Hall–Kier alpha value is -1.73. The Kier molecular flexibility index (Phi) is 5.86. The molecule has 1 amide bonds. The molecule has 0 aliphatic carbocycles. The van der Waals surface area contributed by atoms with Gasteiger partial charge >= 0.3 is 0 Å². The van der Waals surface area contributed by atoms with Crippen LogP contribution in [0.4, 0.5) is 5.82 Å². The van der Waals surface area contributed by atoms with Crippen LogP contribution in [0.5, 0.6) is 0 Å². The van der Waals surface area contributed by atoms with Crippen LogP contribution in [-0.2, 0) is 27.2 Å². The van der Waals surface area contributed by atoms with Crippen LogP contribution in [0.15, 0.2) is 6.07 Å². The van der Waals surface area contributed by atoms with E-state index in [4.69, 9.17) is 9.47 Å². The summed E-state index contributed by atoms with van der Waals surface area (Å²) in [6.45, 7) is 4.35. The number of anilines is 1. The van der Waals surface area contributed by atoms with E-state index >= 15 is 0 Å². The van der Waals surface area contributed by atoms with Gasteiger partial charge in [0.1, 0.15) is 6.10 Å². The van der Waals surface area contributed by atoms with Crippen LogP contribution in [0, 0.1) is 0 Å². The number of hydrogen-bond donors (Lipinski definition) is 0. The van der Waals surface area contributed by atoms with E-state index in [1.54, 1.807) is 0 Å². The first-order chi connectivity index (χ1) is 12.0. The zero-order valence-electron chi connectivity index (χ0n) is 15.4. The molecule has 3 heterocycles. The van der Waals surface area contributed by atoms with E-state index in [9.17, 15) is 4.79 Å². The molecule has 1 saturated heterocycles. The van der Waals surface area contributed by atoms with E-state index in [0.717, 1.165) is 42.9 Å². The summed E-state index contributed by atoms with van der Waals surface area (Å²) in [5.41, 5.74) is 2.06. The maximum Gasteiger partial charge on any atom is 0.251 e. The van der Waals surface area contributed by atoms with Gasteiger partial charge in [-0.1, -0.05) is 0 Å². The minimum Gasteiger partial charge on any atom is -0.376 e. The van der Waals surface area contributed by atoms with Crippen LogP contribution in [0.2, 0.25) is 0 Å². The van der Waals surface area contributed by atoms with Crippen molar-refractivity contribution in [2.45, 2.75) is 51.4 Å². The van der Waals surface area contributed by atoms with Gasteiger partial charge in [0.05, 0.1) is 18.4 Å². The smallest absolute Gasteiger partial charge is 0.251 e. The van der Waals surface area contributed by atoms with Gasteiger partial charge in [-0.2, -0.15) is 5.10 Å². The molecule has 2 aliphatic heterocycles. The molecule has 2 aliphatic rings. The Balaban J connectivity index is 1.56. The number of hydrogen-bond acceptors (Lipinski definition) is 6. The monoisotopic (exact) mass is 348 g/mol. The van der Waals surface area contributed by atoms with E-state index in [2.05, 4.69) is 10.2 Å². The van der Waals surface area contributed by atoms with Crippen molar-refractivity contribution in [1.29, 1.82) is 0 Å².